The second-order valence-electron chi connectivity index (χ2n) is 3.24. The number of rotatable bonds is 1. The van der Waals surface area contributed by atoms with E-state index in [2.05, 4.69) is 15.6 Å². The molecule has 6 nitrogen and oxygen atoms in total. The minimum atomic E-state index is -0.273. The van der Waals surface area contributed by atoms with Gasteiger partial charge in [-0.1, -0.05) is 5.21 Å². The molecule has 1 aliphatic heterocycles. The van der Waals surface area contributed by atoms with Gasteiger partial charge in [0.25, 0.3) is 0 Å². The predicted octanol–water partition coefficient (Wildman–Crippen LogP) is -0.113. The van der Waals surface area contributed by atoms with Crippen LogP contribution in [0, 0.1) is 0 Å². The second-order valence-corrected chi connectivity index (χ2v) is 3.24. The van der Waals surface area contributed by atoms with Crippen LogP contribution in [0.15, 0.2) is 0 Å². The Labute approximate surface area is 81.2 Å². The van der Waals surface area contributed by atoms with Crippen LogP contribution in [0.4, 0.5) is 5.82 Å². The van der Waals surface area contributed by atoms with Crippen LogP contribution >= 0.6 is 0 Å². The monoisotopic (exact) mass is 196 g/mol. The molecule has 14 heavy (non-hydrogen) atoms. The molecule has 1 aliphatic rings. The zero-order valence-corrected chi connectivity index (χ0v) is 8.15. The van der Waals surface area contributed by atoms with Crippen molar-refractivity contribution in [2.24, 2.45) is 7.05 Å². The number of anilines is 1. The first-order valence-electron chi connectivity index (χ1n) is 4.45. The molecular weight excluding hydrogens is 184 g/mol. The van der Waals surface area contributed by atoms with Crippen molar-refractivity contribution in [1.29, 1.82) is 0 Å². The summed E-state index contributed by atoms with van der Waals surface area (Å²) in [6, 6.07) is 0. The number of hydrogen-bond acceptors (Lipinski definition) is 5. The standard InChI is InChI=1S/C8H12N4O2/c1-12-7-6(10-11-12)5(3-4-9-7)8(13)14-2/h5,9H,3-4H2,1-2H3. The highest BCUT2D eigenvalue weighted by molar-refractivity contribution is 5.79. The van der Waals surface area contributed by atoms with Gasteiger partial charge in [0.2, 0.25) is 0 Å². The molecule has 76 valence electrons. The van der Waals surface area contributed by atoms with E-state index in [4.69, 9.17) is 4.74 Å². The summed E-state index contributed by atoms with van der Waals surface area (Å²) >= 11 is 0. The molecule has 0 saturated heterocycles. The van der Waals surface area contributed by atoms with E-state index < -0.39 is 0 Å². The molecule has 2 heterocycles. The maximum Gasteiger partial charge on any atom is 0.315 e. The number of nitrogens with zero attached hydrogens (tertiary/aromatic N) is 3. The number of carbonyl (C=O) groups is 1. The number of aryl methyl sites for hydroxylation is 1. The summed E-state index contributed by atoms with van der Waals surface area (Å²) < 4.78 is 6.34. The van der Waals surface area contributed by atoms with Crippen LogP contribution in [0.5, 0.6) is 0 Å². The van der Waals surface area contributed by atoms with E-state index in [-0.39, 0.29) is 11.9 Å². The Balaban J connectivity index is 2.36. The average molecular weight is 196 g/mol. The SMILES string of the molecule is COC(=O)C1CCNc2c1nnn2C. The highest BCUT2D eigenvalue weighted by atomic mass is 16.5. The van der Waals surface area contributed by atoms with Crippen LogP contribution in [0.1, 0.15) is 18.0 Å². The van der Waals surface area contributed by atoms with Gasteiger partial charge in [-0.15, -0.1) is 5.10 Å². The molecule has 1 aromatic heterocycles. The van der Waals surface area contributed by atoms with Gasteiger partial charge in [0.15, 0.2) is 0 Å². The summed E-state index contributed by atoms with van der Waals surface area (Å²) in [5.41, 5.74) is 0.686. The fourth-order valence-corrected chi connectivity index (χ4v) is 1.66. The number of esters is 1. The Morgan fingerprint density at radius 3 is 3.21 bits per heavy atom. The van der Waals surface area contributed by atoms with Crippen LogP contribution in [-0.4, -0.2) is 34.6 Å². The van der Waals surface area contributed by atoms with Gasteiger partial charge < -0.3 is 10.1 Å². The Morgan fingerprint density at radius 1 is 1.71 bits per heavy atom. The third kappa shape index (κ3) is 1.23. The lowest BCUT2D eigenvalue weighted by Gasteiger charge is -2.20. The number of aromatic nitrogens is 3. The Bertz CT molecular complexity index is 360. The largest absolute Gasteiger partial charge is 0.469 e. The molecule has 0 amide bonds. The molecule has 1 unspecified atom stereocenters. The van der Waals surface area contributed by atoms with Crippen LogP contribution < -0.4 is 5.32 Å². The zero-order chi connectivity index (χ0) is 10.1. The molecule has 0 fully saturated rings. The van der Waals surface area contributed by atoms with E-state index in [1.807, 2.05) is 0 Å². The van der Waals surface area contributed by atoms with Crippen molar-refractivity contribution in [1.82, 2.24) is 15.0 Å². The van der Waals surface area contributed by atoms with Crippen molar-refractivity contribution in [3.05, 3.63) is 5.69 Å². The Hall–Kier alpha value is -1.59. The molecule has 1 atom stereocenters. The second kappa shape index (κ2) is 3.28. The summed E-state index contributed by atoms with van der Waals surface area (Å²) in [4.78, 5) is 11.4. The van der Waals surface area contributed by atoms with Gasteiger partial charge in [0.05, 0.1) is 7.11 Å². The van der Waals surface area contributed by atoms with Crippen molar-refractivity contribution < 1.29 is 9.53 Å². The van der Waals surface area contributed by atoms with Crippen molar-refractivity contribution >= 4 is 11.8 Å². The lowest BCUT2D eigenvalue weighted by Crippen LogP contribution is -2.24. The number of carbonyl (C=O) groups excluding carboxylic acids is 1. The lowest BCUT2D eigenvalue weighted by atomic mass is 9.98. The Kier molecular flexibility index (Phi) is 2.11. The van der Waals surface area contributed by atoms with Crippen molar-refractivity contribution in [3.63, 3.8) is 0 Å². The van der Waals surface area contributed by atoms with Crippen LogP contribution in [0.25, 0.3) is 0 Å². The van der Waals surface area contributed by atoms with Gasteiger partial charge in [-0.3, -0.25) is 4.79 Å². The summed E-state index contributed by atoms with van der Waals surface area (Å²) in [6.45, 7) is 0.744. The maximum absolute atomic E-state index is 11.4. The molecular formula is C8H12N4O2. The summed E-state index contributed by atoms with van der Waals surface area (Å²) in [7, 11) is 3.18. The third-order valence-corrected chi connectivity index (χ3v) is 2.39. The summed E-state index contributed by atoms with van der Waals surface area (Å²) in [5, 5.41) is 11.0. The minimum absolute atomic E-state index is 0.242. The van der Waals surface area contributed by atoms with E-state index in [0.29, 0.717) is 12.1 Å². The van der Waals surface area contributed by atoms with Crippen LogP contribution in [0.2, 0.25) is 0 Å². The van der Waals surface area contributed by atoms with Gasteiger partial charge in [-0.2, -0.15) is 0 Å². The zero-order valence-electron chi connectivity index (χ0n) is 8.15. The minimum Gasteiger partial charge on any atom is -0.469 e. The molecule has 0 aromatic carbocycles. The molecule has 0 radical (unpaired) electrons. The van der Waals surface area contributed by atoms with E-state index in [9.17, 15) is 4.79 Å². The Morgan fingerprint density at radius 2 is 2.50 bits per heavy atom. The van der Waals surface area contributed by atoms with Gasteiger partial charge in [-0.25, -0.2) is 4.68 Å². The molecule has 2 rings (SSSR count). The fourth-order valence-electron chi connectivity index (χ4n) is 1.66. The van der Waals surface area contributed by atoms with E-state index in [1.54, 1.807) is 11.7 Å². The highest BCUT2D eigenvalue weighted by Crippen LogP contribution is 2.29. The normalized spacial score (nSPS) is 19.7. The van der Waals surface area contributed by atoms with Crippen molar-refractivity contribution in [3.8, 4) is 0 Å². The number of fused-ring (bicyclic) bond motifs is 1. The number of nitrogens with one attached hydrogen (secondary N) is 1. The highest BCUT2D eigenvalue weighted by Gasteiger charge is 2.31. The number of methoxy groups -OCH3 is 1. The quantitative estimate of drug-likeness (QED) is 0.634. The molecule has 6 heteroatoms. The maximum atomic E-state index is 11.4. The first-order chi connectivity index (χ1) is 6.74. The average Bonchev–Trinajstić information content (AvgIpc) is 2.59. The van der Waals surface area contributed by atoms with E-state index in [0.717, 1.165) is 12.4 Å². The summed E-state index contributed by atoms with van der Waals surface area (Å²) in [5.74, 6) is 0.296. The molecule has 1 N–H and O–H groups in total. The lowest BCUT2D eigenvalue weighted by molar-refractivity contribution is -0.142. The van der Waals surface area contributed by atoms with E-state index >= 15 is 0 Å². The topological polar surface area (TPSA) is 69.0 Å². The summed E-state index contributed by atoms with van der Waals surface area (Å²) in [6.07, 6.45) is 0.707. The van der Waals surface area contributed by atoms with Gasteiger partial charge in [0.1, 0.15) is 17.4 Å². The van der Waals surface area contributed by atoms with Gasteiger partial charge in [0, 0.05) is 13.6 Å². The molecule has 0 saturated carbocycles. The van der Waals surface area contributed by atoms with Gasteiger partial charge in [-0.05, 0) is 6.42 Å². The molecule has 0 aliphatic carbocycles. The van der Waals surface area contributed by atoms with Crippen LogP contribution in [-0.2, 0) is 16.6 Å². The van der Waals surface area contributed by atoms with Crippen molar-refractivity contribution in [2.75, 3.05) is 19.0 Å². The molecule has 1 aromatic rings. The third-order valence-electron chi connectivity index (χ3n) is 2.39. The molecule has 0 bridgehead atoms. The van der Waals surface area contributed by atoms with Gasteiger partial charge >= 0.3 is 5.97 Å². The number of hydrogen-bond donors (Lipinski definition) is 1. The smallest absolute Gasteiger partial charge is 0.315 e. The first-order valence-corrected chi connectivity index (χ1v) is 4.45. The predicted molar refractivity (Wildman–Crippen MR) is 48.9 cm³/mol. The first kappa shape index (κ1) is 8.98. The van der Waals surface area contributed by atoms with Crippen LogP contribution in [0.3, 0.4) is 0 Å². The number of ether oxygens (including phenoxy) is 1. The van der Waals surface area contributed by atoms with E-state index in [1.165, 1.54) is 7.11 Å². The molecule has 0 spiro atoms. The fraction of sp³-hybridized carbons (Fsp3) is 0.625. The van der Waals surface area contributed by atoms with Crippen molar-refractivity contribution in [2.45, 2.75) is 12.3 Å².